The summed E-state index contributed by atoms with van der Waals surface area (Å²) in [5.74, 6) is -0.292. The van der Waals surface area contributed by atoms with Crippen molar-refractivity contribution in [3.05, 3.63) is 47.1 Å². The highest BCUT2D eigenvalue weighted by Crippen LogP contribution is 2.37. The average Bonchev–Trinajstić information content (AvgIpc) is 3.13. The average molecular weight is 351 g/mol. The molecule has 0 atom stereocenters. The number of thiazole rings is 1. The van der Waals surface area contributed by atoms with E-state index >= 15 is 0 Å². The lowest BCUT2D eigenvalue weighted by Crippen LogP contribution is -2.01. The summed E-state index contributed by atoms with van der Waals surface area (Å²) in [4.78, 5) is 38.9. The molecule has 0 unspecified atom stereocenters. The summed E-state index contributed by atoms with van der Waals surface area (Å²) in [6.07, 6.45) is 2.95. The van der Waals surface area contributed by atoms with E-state index in [1.54, 1.807) is 12.1 Å². The molecule has 3 aromatic rings. The number of nitrogen functional groups attached to an aromatic ring is 1. The predicted molar refractivity (Wildman–Crippen MR) is 83.6 cm³/mol. The molecule has 0 spiro atoms. The van der Waals surface area contributed by atoms with Gasteiger partial charge in [0.2, 0.25) is 11.3 Å². The van der Waals surface area contributed by atoms with Gasteiger partial charge in [-0.2, -0.15) is 0 Å². The molecule has 118 valence electrons. The third-order valence-corrected chi connectivity index (χ3v) is 4.58. The quantitative estimate of drug-likeness (QED) is 0.473. The number of pyridine rings is 1. The second-order valence-corrected chi connectivity index (χ2v) is 7.04. The van der Waals surface area contributed by atoms with Gasteiger partial charge in [-0.05, 0) is 24.3 Å². The molecule has 0 fully saturated rings. The molecule has 0 amide bonds. The Kier molecular flexibility index (Phi) is 3.87. The lowest BCUT2D eigenvalue weighted by molar-refractivity contribution is 0.104. The van der Waals surface area contributed by atoms with Crippen LogP contribution < -0.4 is 11.2 Å². The Morgan fingerprint density at radius 3 is 2.70 bits per heavy atom. The molecule has 3 rings (SSSR count). The van der Waals surface area contributed by atoms with Gasteiger partial charge in [0.05, 0.1) is 0 Å². The number of carbonyl (C=O) groups is 1. The van der Waals surface area contributed by atoms with Crippen molar-refractivity contribution in [3.63, 3.8) is 0 Å². The number of carbonyl (C=O) groups excluding carboxylic acids is 1. The third kappa shape index (κ3) is 3.08. The molecule has 0 saturated carbocycles. The van der Waals surface area contributed by atoms with Crippen molar-refractivity contribution in [2.75, 3.05) is 5.73 Å². The maximum Gasteiger partial charge on any atom is 0.391 e. The number of aromatic nitrogens is 2. The SMILES string of the molecule is Nc1nc(-c2ccc(P(=O)(O)O)o2)c(C(=O)c2cccnc2)s1. The maximum absolute atomic E-state index is 12.5. The Bertz CT molecular complexity index is 915. The van der Waals surface area contributed by atoms with E-state index in [2.05, 4.69) is 9.97 Å². The van der Waals surface area contributed by atoms with Gasteiger partial charge in [0, 0.05) is 18.0 Å². The number of furan rings is 1. The fraction of sp³-hybridized carbons (Fsp3) is 0. The lowest BCUT2D eigenvalue weighted by Gasteiger charge is -2.00. The number of nitrogens with two attached hydrogens (primary N) is 1. The fourth-order valence-corrected chi connectivity index (χ4v) is 3.18. The number of rotatable bonds is 4. The molecule has 0 saturated heterocycles. The zero-order chi connectivity index (χ0) is 16.6. The number of ketones is 1. The van der Waals surface area contributed by atoms with Crippen molar-refractivity contribution in [1.29, 1.82) is 0 Å². The van der Waals surface area contributed by atoms with Gasteiger partial charge in [0.25, 0.3) is 0 Å². The second-order valence-electron chi connectivity index (χ2n) is 4.48. The van der Waals surface area contributed by atoms with Crippen LogP contribution in [0.4, 0.5) is 5.13 Å². The van der Waals surface area contributed by atoms with Gasteiger partial charge in [-0.1, -0.05) is 11.3 Å². The van der Waals surface area contributed by atoms with Gasteiger partial charge in [-0.25, -0.2) is 4.98 Å². The van der Waals surface area contributed by atoms with Crippen LogP contribution in [0.3, 0.4) is 0 Å². The van der Waals surface area contributed by atoms with Crippen LogP contribution >= 0.6 is 18.9 Å². The van der Waals surface area contributed by atoms with E-state index in [4.69, 9.17) is 19.9 Å². The monoisotopic (exact) mass is 351 g/mol. The largest absolute Gasteiger partial charge is 0.446 e. The van der Waals surface area contributed by atoms with E-state index in [0.717, 1.165) is 17.4 Å². The summed E-state index contributed by atoms with van der Waals surface area (Å²) >= 11 is 0.964. The van der Waals surface area contributed by atoms with Gasteiger partial charge < -0.3 is 19.9 Å². The topological polar surface area (TPSA) is 140 Å². The number of anilines is 1. The van der Waals surface area contributed by atoms with Crippen LogP contribution in [0.2, 0.25) is 0 Å². The minimum atomic E-state index is -4.52. The summed E-state index contributed by atoms with van der Waals surface area (Å²) in [7, 11) is -4.52. The molecule has 0 aliphatic carbocycles. The number of hydrogen-bond acceptors (Lipinski definition) is 7. The molecule has 3 heterocycles. The maximum atomic E-state index is 12.5. The molecule has 4 N–H and O–H groups in total. The summed E-state index contributed by atoms with van der Waals surface area (Å²) in [5, 5.41) is 0.140. The van der Waals surface area contributed by atoms with Gasteiger partial charge in [0.15, 0.2) is 10.9 Å². The number of nitrogens with zero attached hydrogens (tertiary/aromatic N) is 2. The Hall–Kier alpha value is -2.32. The van der Waals surface area contributed by atoms with Crippen molar-refractivity contribution in [2.45, 2.75) is 0 Å². The molecule has 0 aliphatic rings. The molecular weight excluding hydrogens is 341 g/mol. The Labute approximate surface area is 133 Å². The van der Waals surface area contributed by atoms with Crippen LogP contribution in [0.25, 0.3) is 11.5 Å². The normalized spacial score (nSPS) is 11.6. The molecule has 10 heteroatoms. The standard InChI is InChI=1S/C13H10N3O5PS/c14-13-16-10(8-3-4-9(21-8)22(18,19)20)12(23-13)11(17)7-2-1-5-15-6-7/h1-6H,(H2,14,16)(H2,18,19,20). The molecule has 0 aliphatic heterocycles. The van der Waals surface area contributed by atoms with Crippen LogP contribution in [0.1, 0.15) is 15.2 Å². The minimum Gasteiger partial charge on any atom is -0.446 e. The van der Waals surface area contributed by atoms with E-state index in [0.29, 0.717) is 5.56 Å². The van der Waals surface area contributed by atoms with Crippen LogP contribution in [-0.4, -0.2) is 25.5 Å². The Morgan fingerprint density at radius 2 is 2.09 bits per heavy atom. The first-order valence-corrected chi connectivity index (χ1v) is 8.66. The van der Waals surface area contributed by atoms with Crippen molar-refractivity contribution >= 4 is 35.3 Å². The van der Waals surface area contributed by atoms with Crippen molar-refractivity contribution in [2.24, 2.45) is 0 Å². The van der Waals surface area contributed by atoms with E-state index in [1.807, 2.05) is 0 Å². The van der Waals surface area contributed by atoms with Gasteiger partial charge >= 0.3 is 7.60 Å². The van der Waals surface area contributed by atoms with Crippen LogP contribution in [0.5, 0.6) is 0 Å². The summed E-state index contributed by atoms with van der Waals surface area (Å²) in [6.45, 7) is 0. The highest BCUT2D eigenvalue weighted by molar-refractivity contribution is 7.59. The van der Waals surface area contributed by atoms with Crippen LogP contribution in [0, 0.1) is 0 Å². The number of hydrogen-bond donors (Lipinski definition) is 3. The van der Waals surface area contributed by atoms with Crippen LogP contribution in [0.15, 0.2) is 41.1 Å². The first-order valence-electron chi connectivity index (χ1n) is 6.23. The molecule has 0 bridgehead atoms. The minimum absolute atomic E-state index is 0.0588. The molecule has 3 aromatic heterocycles. The van der Waals surface area contributed by atoms with Crippen molar-refractivity contribution in [3.8, 4) is 11.5 Å². The lowest BCUT2D eigenvalue weighted by atomic mass is 10.1. The fourth-order valence-electron chi connectivity index (χ4n) is 1.90. The van der Waals surface area contributed by atoms with Gasteiger partial charge in [-0.15, -0.1) is 0 Å². The Balaban J connectivity index is 2.07. The third-order valence-electron chi connectivity index (χ3n) is 2.89. The first-order chi connectivity index (χ1) is 10.9. The highest BCUT2D eigenvalue weighted by Gasteiger charge is 2.26. The Morgan fingerprint density at radius 1 is 1.30 bits per heavy atom. The van der Waals surface area contributed by atoms with E-state index in [1.165, 1.54) is 18.5 Å². The van der Waals surface area contributed by atoms with Gasteiger partial charge in [0.1, 0.15) is 10.6 Å². The zero-order valence-corrected chi connectivity index (χ0v) is 13.1. The van der Waals surface area contributed by atoms with E-state index < -0.39 is 13.1 Å². The summed E-state index contributed by atoms with van der Waals surface area (Å²) < 4.78 is 16.3. The van der Waals surface area contributed by atoms with Crippen molar-refractivity contribution in [1.82, 2.24) is 9.97 Å². The zero-order valence-electron chi connectivity index (χ0n) is 11.4. The van der Waals surface area contributed by atoms with E-state index in [-0.39, 0.29) is 27.2 Å². The second kappa shape index (κ2) is 5.71. The molecule has 8 nitrogen and oxygen atoms in total. The molecular formula is C13H10N3O5PS. The summed E-state index contributed by atoms with van der Waals surface area (Å²) in [5.41, 5.74) is 5.65. The van der Waals surface area contributed by atoms with Gasteiger partial charge in [-0.3, -0.25) is 14.3 Å². The predicted octanol–water partition coefficient (Wildman–Crippen LogP) is 1.41. The smallest absolute Gasteiger partial charge is 0.391 e. The van der Waals surface area contributed by atoms with Crippen molar-refractivity contribution < 1.29 is 23.6 Å². The van der Waals surface area contributed by atoms with E-state index in [9.17, 15) is 9.36 Å². The molecule has 23 heavy (non-hydrogen) atoms. The summed E-state index contributed by atoms with van der Waals surface area (Å²) in [6, 6.07) is 5.70. The van der Waals surface area contributed by atoms with Crippen LogP contribution in [-0.2, 0) is 4.57 Å². The molecule has 0 radical (unpaired) electrons. The molecule has 0 aromatic carbocycles. The first kappa shape index (κ1) is 15.6. The highest BCUT2D eigenvalue weighted by atomic mass is 32.1.